The first-order valence-electron chi connectivity index (χ1n) is 7.85. The van der Waals surface area contributed by atoms with Crippen LogP contribution >= 0.6 is 0 Å². The van der Waals surface area contributed by atoms with E-state index in [2.05, 4.69) is 22.4 Å². The van der Waals surface area contributed by atoms with E-state index in [0.717, 1.165) is 36.5 Å². The lowest BCUT2D eigenvalue weighted by molar-refractivity contribution is -0.0103. The number of rotatable bonds is 4. The van der Waals surface area contributed by atoms with Gasteiger partial charge in [-0.3, -0.25) is 0 Å². The van der Waals surface area contributed by atoms with Gasteiger partial charge in [0.15, 0.2) is 5.82 Å². The maximum Gasteiger partial charge on any atom is 0.321 e. The van der Waals surface area contributed by atoms with Crippen molar-refractivity contribution in [3.8, 4) is 0 Å². The Balaban J connectivity index is 1.59. The summed E-state index contributed by atoms with van der Waals surface area (Å²) in [7, 11) is 0. The van der Waals surface area contributed by atoms with Crippen molar-refractivity contribution in [2.45, 2.75) is 57.3 Å². The number of hydrogen-bond acceptors (Lipinski definition) is 4. The van der Waals surface area contributed by atoms with Gasteiger partial charge in [-0.25, -0.2) is 0 Å². The summed E-state index contributed by atoms with van der Waals surface area (Å²) in [5.41, 5.74) is 0.254. The fourth-order valence-electron chi connectivity index (χ4n) is 5.13. The lowest BCUT2D eigenvalue weighted by Gasteiger charge is -2.55. The second-order valence-corrected chi connectivity index (χ2v) is 7.05. The molecule has 1 heterocycles. The standard InChI is InChI=1S/C15H23N3O/c1-2-3-16-14-17-13(18-19-14)15-7-10-4-11(8-15)6-12(5-10)9-15/h10-12H,2-9H2,1H3,(H,16,17,18). The molecule has 0 unspecified atom stereocenters. The smallest absolute Gasteiger partial charge is 0.321 e. The van der Waals surface area contributed by atoms with E-state index in [-0.39, 0.29) is 5.41 Å². The topological polar surface area (TPSA) is 51.0 Å². The Morgan fingerprint density at radius 2 is 1.79 bits per heavy atom. The summed E-state index contributed by atoms with van der Waals surface area (Å²) in [6.45, 7) is 3.05. The van der Waals surface area contributed by atoms with E-state index in [4.69, 9.17) is 4.52 Å². The van der Waals surface area contributed by atoms with E-state index in [0.29, 0.717) is 6.01 Å². The highest BCUT2D eigenvalue weighted by Gasteiger charge is 2.53. The van der Waals surface area contributed by atoms with Gasteiger partial charge < -0.3 is 9.84 Å². The van der Waals surface area contributed by atoms with Crippen LogP contribution in [0.4, 0.5) is 6.01 Å². The van der Waals surface area contributed by atoms with Crippen molar-refractivity contribution < 1.29 is 4.52 Å². The van der Waals surface area contributed by atoms with Crippen LogP contribution in [0.25, 0.3) is 0 Å². The van der Waals surface area contributed by atoms with Crippen molar-refractivity contribution in [1.82, 2.24) is 10.1 Å². The summed E-state index contributed by atoms with van der Waals surface area (Å²) in [5.74, 6) is 3.77. The molecule has 4 saturated carbocycles. The Hall–Kier alpha value is -1.06. The third-order valence-electron chi connectivity index (χ3n) is 5.46. The largest absolute Gasteiger partial charge is 0.338 e. The monoisotopic (exact) mass is 261 g/mol. The number of nitrogens with one attached hydrogen (secondary N) is 1. The first-order chi connectivity index (χ1) is 9.27. The molecule has 4 aliphatic rings. The van der Waals surface area contributed by atoms with E-state index < -0.39 is 0 Å². The number of anilines is 1. The van der Waals surface area contributed by atoms with Crippen LogP contribution in [0.1, 0.15) is 57.7 Å². The number of aromatic nitrogens is 2. The summed E-state index contributed by atoms with van der Waals surface area (Å²) in [4.78, 5) is 4.65. The molecule has 4 bridgehead atoms. The second kappa shape index (κ2) is 4.22. The molecule has 0 amide bonds. The van der Waals surface area contributed by atoms with Gasteiger partial charge in [0.25, 0.3) is 0 Å². The van der Waals surface area contributed by atoms with E-state index in [9.17, 15) is 0 Å². The van der Waals surface area contributed by atoms with Gasteiger partial charge in [0, 0.05) is 12.0 Å². The molecular formula is C15H23N3O. The average molecular weight is 261 g/mol. The fourth-order valence-corrected chi connectivity index (χ4v) is 5.13. The van der Waals surface area contributed by atoms with E-state index in [1.54, 1.807) is 0 Å². The highest BCUT2D eigenvalue weighted by molar-refractivity contribution is 5.23. The fraction of sp³-hybridized carbons (Fsp3) is 0.867. The van der Waals surface area contributed by atoms with Crippen molar-refractivity contribution in [3.63, 3.8) is 0 Å². The molecular weight excluding hydrogens is 238 g/mol. The zero-order valence-corrected chi connectivity index (χ0v) is 11.7. The zero-order valence-electron chi connectivity index (χ0n) is 11.7. The number of nitrogens with zero attached hydrogens (tertiary/aromatic N) is 2. The quantitative estimate of drug-likeness (QED) is 0.903. The SMILES string of the molecule is CCCNc1nc(C23CC4CC(CC(C4)C2)C3)no1. The minimum atomic E-state index is 0.254. The molecule has 19 heavy (non-hydrogen) atoms. The van der Waals surface area contributed by atoms with Crippen LogP contribution in [-0.2, 0) is 5.41 Å². The minimum absolute atomic E-state index is 0.254. The van der Waals surface area contributed by atoms with Crippen LogP contribution in [0.15, 0.2) is 4.52 Å². The molecule has 4 fully saturated rings. The van der Waals surface area contributed by atoms with Crippen molar-refractivity contribution in [1.29, 1.82) is 0 Å². The van der Waals surface area contributed by atoms with Crippen LogP contribution in [0.2, 0.25) is 0 Å². The molecule has 0 saturated heterocycles. The Kier molecular flexibility index (Phi) is 2.61. The summed E-state index contributed by atoms with van der Waals surface area (Å²) in [5, 5.41) is 7.52. The molecule has 0 atom stereocenters. The highest BCUT2D eigenvalue weighted by Crippen LogP contribution is 2.60. The lowest BCUT2D eigenvalue weighted by Crippen LogP contribution is -2.49. The van der Waals surface area contributed by atoms with Crippen molar-refractivity contribution in [2.75, 3.05) is 11.9 Å². The molecule has 5 rings (SSSR count). The summed E-state index contributed by atoms with van der Waals surface area (Å²) < 4.78 is 5.38. The summed E-state index contributed by atoms with van der Waals surface area (Å²) in [6, 6.07) is 0.618. The number of hydrogen-bond donors (Lipinski definition) is 1. The lowest BCUT2D eigenvalue weighted by atomic mass is 9.49. The van der Waals surface area contributed by atoms with Crippen LogP contribution in [-0.4, -0.2) is 16.7 Å². The van der Waals surface area contributed by atoms with Crippen LogP contribution in [0, 0.1) is 17.8 Å². The van der Waals surface area contributed by atoms with Crippen LogP contribution in [0.5, 0.6) is 0 Å². The first kappa shape index (κ1) is 11.7. The van der Waals surface area contributed by atoms with Crippen LogP contribution < -0.4 is 5.32 Å². The zero-order chi connectivity index (χ0) is 12.9. The molecule has 1 N–H and O–H groups in total. The summed E-state index contributed by atoms with van der Waals surface area (Å²) in [6.07, 6.45) is 9.34. The Labute approximate surface area is 114 Å². The van der Waals surface area contributed by atoms with E-state index in [1.165, 1.54) is 38.5 Å². The maximum atomic E-state index is 5.38. The Bertz CT molecular complexity index is 432. The van der Waals surface area contributed by atoms with Gasteiger partial charge in [0.2, 0.25) is 0 Å². The molecule has 0 aromatic carbocycles. The molecule has 4 heteroatoms. The molecule has 104 valence electrons. The molecule has 0 spiro atoms. The molecule has 4 aliphatic carbocycles. The van der Waals surface area contributed by atoms with Gasteiger partial charge in [0.1, 0.15) is 0 Å². The third kappa shape index (κ3) is 1.87. The molecule has 1 aromatic rings. The van der Waals surface area contributed by atoms with Gasteiger partial charge in [-0.2, -0.15) is 4.98 Å². The van der Waals surface area contributed by atoms with Gasteiger partial charge >= 0.3 is 6.01 Å². The van der Waals surface area contributed by atoms with Gasteiger partial charge in [-0.1, -0.05) is 12.1 Å². The Morgan fingerprint density at radius 1 is 1.16 bits per heavy atom. The molecule has 0 aliphatic heterocycles. The normalized spacial score (nSPS) is 39.7. The second-order valence-electron chi connectivity index (χ2n) is 7.05. The predicted octanol–water partition coefficient (Wildman–Crippen LogP) is 3.36. The van der Waals surface area contributed by atoms with E-state index in [1.807, 2.05) is 0 Å². The average Bonchev–Trinajstić information content (AvgIpc) is 2.84. The molecule has 1 aromatic heterocycles. The van der Waals surface area contributed by atoms with Crippen LogP contribution in [0.3, 0.4) is 0 Å². The van der Waals surface area contributed by atoms with Crippen molar-refractivity contribution in [3.05, 3.63) is 5.82 Å². The van der Waals surface area contributed by atoms with Crippen molar-refractivity contribution in [2.24, 2.45) is 17.8 Å². The predicted molar refractivity (Wildman–Crippen MR) is 72.9 cm³/mol. The minimum Gasteiger partial charge on any atom is -0.338 e. The first-order valence-corrected chi connectivity index (χ1v) is 7.85. The van der Waals surface area contributed by atoms with Gasteiger partial charge in [-0.05, 0) is 62.7 Å². The summed E-state index contributed by atoms with van der Waals surface area (Å²) >= 11 is 0. The van der Waals surface area contributed by atoms with Crippen molar-refractivity contribution >= 4 is 6.01 Å². The Morgan fingerprint density at radius 3 is 2.37 bits per heavy atom. The molecule has 4 nitrogen and oxygen atoms in total. The van der Waals surface area contributed by atoms with Gasteiger partial charge in [-0.15, -0.1) is 0 Å². The highest BCUT2D eigenvalue weighted by atomic mass is 16.5. The molecule has 0 radical (unpaired) electrons. The third-order valence-corrected chi connectivity index (χ3v) is 5.46. The van der Waals surface area contributed by atoms with E-state index >= 15 is 0 Å². The van der Waals surface area contributed by atoms with Gasteiger partial charge in [0.05, 0.1) is 0 Å². The maximum absolute atomic E-state index is 5.38.